The topological polar surface area (TPSA) is 85.9 Å². The van der Waals surface area contributed by atoms with Crippen molar-refractivity contribution < 1.29 is 14.3 Å². The summed E-state index contributed by atoms with van der Waals surface area (Å²) in [5.41, 5.74) is 7.65. The van der Waals surface area contributed by atoms with Gasteiger partial charge in [-0.05, 0) is 31.0 Å². The van der Waals surface area contributed by atoms with Crippen LogP contribution in [-0.2, 0) is 0 Å². The molecule has 7 heteroatoms. The Morgan fingerprint density at radius 2 is 2.30 bits per heavy atom. The molecule has 1 aromatic rings. The van der Waals surface area contributed by atoms with E-state index >= 15 is 0 Å². The van der Waals surface area contributed by atoms with Gasteiger partial charge in [-0.25, -0.2) is 10.2 Å². The molecule has 1 aromatic carbocycles. The van der Waals surface area contributed by atoms with Gasteiger partial charge < -0.3 is 15.2 Å². The molecule has 0 aliphatic rings. The number of urea groups is 1. The van der Waals surface area contributed by atoms with E-state index in [4.69, 9.17) is 26.8 Å². The number of amides is 2. The first kappa shape index (κ1) is 16.1. The van der Waals surface area contributed by atoms with E-state index < -0.39 is 6.03 Å². The lowest BCUT2D eigenvalue weighted by molar-refractivity contribution is 0.208. The maximum atomic E-state index is 10.5. The zero-order chi connectivity index (χ0) is 15.1. The summed E-state index contributed by atoms with van der Waals surface area (Å²) < 4.78 is 11.0. The van der Waals surface area contributed by atoms with Gasteiger partial charge in [0, 0.05) is 0 Å². The minimum absolute atomic E-state index is 0.0254. The third-order valence-corrected chi connectivity index (χ3v) is 2.81. The average molecular weight is 300 g/mol. The molecule has 0 saturated carbocycles. The van der Waals surface area contributed by atoms with Crippen molar-refractivity contribution >= 4 is 23.8 Å². The van der Waals surface area contributed by atoms with E-state index in [0.29, 0.717) is 22.1 Å². The number of rotatable bonds is 6. The van der Waals surface area contributed by atoms with Gasteiger partial charge in [0.05, 0.1) is 24.5 Å². The minimum Gasteiger partial charge on any atom is -0.493 e. The fourth-order valence-electron chi connectivity index (χ4n) is 1.38. The van der Waals surface area contributed by atoms with Gasteiger partial charge in [-0.2, -0.15) is 5.10 Å². The van der Waals surface area contributed by atoms with Crippen LogP contribution in [0.2, 0.25) is 5.02 Å². The highest BCUT2D eigenvalue weighted by molar-refractivity contribution is 6.32. The Balaban J connectivity index is 3.00. The lowest BCUT2D eigenvalue weighted by Crippen LogP contribution is -2.24. The smallest absolute Gasteiger partial charge is 0.332 e. The van der Waals surface area contributed by atoms with E-state index in [1.807, 2.05) is 13.8 Å². The summed E-state index contributed by atoms with van der Waals surface area (Å²) >= 11 is 6.18. The molecule has 0 aliphatic carbocycles. The van der Waals surface area contributed by atoms with E-state index in [9.17, 15) is 4.79 Å². The van der Waals surface area contributed by atoms with Crippen molar-refractivity contribution in [3.8, 4) is 11.5 Å². The Kier molecular flexibility index (Phi) is 6.11. The van der Waals surface area contributed by atoms with Crippen molar-refractivity contribution in [3.63, 3.8) is 0 Å². The monoisotopic (exact) mass is 299 g/mol. The SMILES string of the molecule is CCC(C)Oc1c(Cl)cc(C=NNC(N)=O)cc1OC. The van der Waals surface area contributed by atoms with Gasteiger partial charge in [0.2, 0.25) is 0 Å². The number of primary amides is 1. The van der Waals surface area contributed by atoms with E-state index in [2.05, 4.69) is 10.5 Å². The highest BCUT2D eigenvalue weighted by atomic mass is 35.5. The standard InChI is InChI=1S/C13H18ClN3O3/c1-4-8(2)20-12-10(14)5-9(6-11(12)19-3)7-16-17-13(15)18/h5-8H,4H2,1-3H3,(H3,15,17,18). The molecule has 0 spiro atoms. The fraction of sp³-hybridized carbons (Fsp3) is 0.385. The average Bonchev–Trinajstić information content (AvgIpc) is 2.40. The second kappa shape index (κ2) is 7.59. The van der Waals surface area contributed by atoms with Crippen molar-refractivity contribution in [2.24, 2.45) is 10.8 Å². The molecular formula is C13H18ClN3O3. The fourth-order valence-corrected chi connectivity index (χ4v) is 1.65. The summed E-state index contributed by atoms with van der Waals surface area (Å²) in [6.45, 7) is 3.96. The second-order valence-electron chi connectivity index (χ2n) is 4.11. The van der Waals surface area contributed by atoms with Gasteiger partial charge >= 0.3 is 6.03 Å². The Hall–Kier alpha value is -1.95. The third-order valence-electron chi connectivity index (χ3n) is 2.53. The predicted molar refractivity (Wildman–Crippen MR) is 78.7 cm³/mol. The summed E-state index contributed by atoms with van der Waals surface area (Å²) in [6, 6.07) is 2.63. The van der Waals surface area contributed by atoms with Gasteiger partial charge in [0.15, 0.2) is 11.5 Å². The van der Waals surface area contributed by atoms with Crippen LogP contribution in [0.25, 0.3) is 0 Å². The zero-order valence-corrected chi connectivity index (χ0v) is 12.4. The molecule has 0 heterocycles. The summed E-state index contributed by atoms with van der Waals surface area (Å²) in [7, 11) is 1.53. The summed E-state index contributed by atoms with van der Waals surface area (Å²) in [6.07, 6.45) is 2.29. The van der Waals surface area contributed by atoms with E-state index in [0.717, 1.165) is 6.42 Å². The Morgan fingerprint density at radius 3 is 2.85 bits per heavy atom. The van der Waals surface area contributed by atoms with Crippen LogP contribution in [0.1, 0.15) is 25.8 Å². The van der Waals surface area contributed by atoms with Crippen molar-refractivity contribution in [2.45, 2.75) is 26.4 Å². The molecule has 6 nitrogen and oxygen atoms in total. The molecule has 3 N–H and O–H groups in total. The molecule has 20 heavy (non-hydrogen) atoms. The summed E-state index contributed by atoms with van der Waals surface area (Å²) in [5, 5.41) is 4.07. The summed E-state index contributed by atoms with van der Waals surface area (Å²) in [4.78, 5) is 10.5. The van der Waals surface area contributed by atoms with Crippen LogP contribution in [0.5, 0.6) is 11.5 Å². The number of carbonyl (C=O) groups excluding carboxylic acids is 1. The molecule has 1 rings (SSSR count). The molecule has 2 amide bonds. The van der Waals surface area contributed by atoms with Crippen LogP contribution >= 0.6 is 11.6 Å². The van der Waals surface area contributed by atoms with Crippen LogP contribution in [-0.4, -0.2) is 25.5 Å². The van der Waals surface area contributed by atoms with Crippen LogP contribution in [0.4, 0.5) is 4.79 Å². The number of nitrogens with one attached hydrogen (secondary N) is 1. The number of hydrogen-bond donors (Lipinski definition) is 2. The molecule has 1 atom stereocenters. The molecule has 0 radical (unpaired) electrons. The Bertz CT molecular complexity index is 506. The van der Waals surface area contributed by atoms with Crippen molar-refractivity contribution in [2.75, 3.05) is 7.11 Å². The molecule has 0 aliphatic heterocycles. The maximum Gasteiger partial charge on any atom is 0.332 e. The van der Waals surface area contributed by atoms with Gasteiger partial charge in [0.25, 0.3) is 0 Å². The number of methoxy groups -OCH3 is 1. The normalized spacial score (nSPS) is 12.2. The first-order valence-corrected chi connectivity index (χ1v) is 6.48. The van der Waals surface area contributed by atoms with Gasteiger partial charge in [0.1, 0.15) is 0 Å². The van der Waals surface area contributed by atoms with E-state index in [1.54, 1.807) is 12.1 Å². The third kappa shape index (κ3) is 4.62. The van der Waals surface area contributed by atoms with Crippen LogP contribution < -0.4 is 20.6 Å². The molecule has 110 valence electrons. The zero-order valence-electron chi connectivity index (χ0n) is 11.6. The predicted octanol–water partition coefficient (Wildman–Crippen LogP) is 2.53. The quantitative estimate of drug-likeness (QED) is 0.625. The second-order valence-corrected chi connectivity index (χ2v) is 4.51. The first-order chi connectivity index (χ1) is 9.47. The number of halogens is 1. The molecule has 1 unspecified atom stereocenters. The summed E-state index contributed by atoms with van der Waals surface area (Å²) in [5.74, 6) is 0.988. The molecular weight excluding hydrogens is 282 g/mol. The van der Waals surface area contributed by atoms with Gasteiger partial charge in [-0.15, -0.1) is 0 Å². The minimum atomic E-state index is -0.740. The van der Waals surface area contributed by atoms with Crippen LogP contribution in [0.15, 0.2) is 17.2 Å². The van der Waals surface area contributed by atoms with E-state index in [1.165, 1.54) is 13.3 Å². The lowest BCUT2D eigenvalue weighted by atomic mass is 10.2. The molecule has 0 aromatic heterocycles. The molecule has 0 fully saturated rings. The highest BCUT2D eigenvalue weighted by Crippen LogP contribution is 2.36. The number of hydrazone groups is 1. The largest absolute Gasteiger partial charge is 0.493 e. The highest BCUT2D eigenvalue weighted by Gasteiger charge is 2.13. The van der Waals surface area contributed by atoms with Gasteiger partial charge in [-0.3, -0.25) is 0 Å². The number of benzene rings is 1. The van der Waals surface area contributed by atoms with Crippen molar-refractivity contribution in [1.29, 1.82) is 0 Å². The first-order valence-electron chi connectivity index (χ1n) is 6.10. The van der Waals surface area contributed by atoms with Crippen LogP contribution in [0, 0.1) is 0 Å². The number of carbonyl (C=O) groups is 1. The number of nitrogens with zero attached hydrogens (tertiary/aromatic N) is 1. The molecule has 0 saturated heterocycles. The van der Waals surface area contributed by atoms with E-state index in [-0.39, 0.29) is 6.10 Å². The number of nitrogens with two attached hydrogens (primary N) is 1. The van der Waals surface area contributed by atoms with Gasteiger partial charge in [-0.1, -0.05) is 18.5 Å². The Labute approximate surface area is 122 Å². The number of hydrogen-bond acceptors (Lipinski definition) is 4. The maximum absolute atomic E-state index is 10.5. The molecule has 0 bridgehead atoms. The van der Waals surface area contributed by atoms with Crippen molar-refractivity contribution in [1.82, 2.24) is 5.43 Å². The number of ether oxygens (including phenoxy) is 2. The van der Waals surface area contributed by atoms with Crippen molar-refractivity contribution in [3.05, 3.63) is 22.7 Å². The van der Waals surface area contributed by atoms with Crippen LogP contribution in [0.3, 0.4) is 0 Å². The Morgan fingerprint density at radius 1 is 1.60 bits per heavy atom. The lowest BCUT2D eigenvalue weighted by Gasteiger charge is -2.17.